The average Bonchev–Trinajstić information content (AvgIpc) is 3.01. The summed E-state index contributed by atoms with van der Waals surface area (Å²) in [5.74, 6) is 0.248. The first-order valence-electron chi connectivity index (χ1n) is 7.63. The molecule has 0 saturated carbocycles. The number of carbonyl (C=O) groups excluding carboxylic acids is 1. The van der Waals surface area contributed by atoms with Gasteiger partial charge in [-0.25, -0.2) is 0 Å². The van der Waals surface area contributed by atoms with Gasteiger partial charge in [-0.3, -0.25) is 4.79 Å². The Morgan fingerprint density at radius 1 is 1.17 bits per heavy atom. The number of aromatic nitrogens is 3. The van der Waals surface area contributed by atoms with Crippen LogP contribution in [0.5, 0.6) is 0 Å². The molecule has 3 rings (SSSR count). The molecule has 0 spiro atoms. The molecule has 3 aromatic rings. The van der Waals surface area contributed by atoms with E-state index in [9.17, 15) is 4.79 Å². The second kappa shape index (κ2) is 7.31. The van der Waals surface area contributed by atoms with Crippen LogP contribution < -0.4 is 10.00 Å². The smallest absolute Gasteiger partial charge is 0.325 e. The van der Waals surface area contributed by atoms with Crippen LogP contribution in [0.4, 0.5) is 5.69 Å². The molecule has 0 atom stereocenters. The molecule has 1 amide bonds. The average molecular weight is 339 g/mol. The maximum Gasteiger partial charge on any atom is 0.385 e. The molecule has 2 aromatic carbocycles. The van der Waals surface area contributed by atoms with E-state index in [0.29, 0.717) is 5.75 Å². The fourth-order valence-corrected chi connectivity index (χ4v) is 3.24. The van der Waals surface area contributed by atoms with Crippen molar-refractivity contribution in [3.8, 4) is 5.69 Å². The monoisotopic (exact) mass is 339 g/mol. The number of aromatic amines is 1. The van der Waals surface area contributed by atoms with Gasteiger partial charge in [-0.2, -0.15) is 5.10 Å². The van der Waals surface area contributed by atoms with Crippen molar-refractivity contribution in [1.29, 1.82) is 0 Å². The number of anilines is 1. The van der Waals surface area contributed by atoms with Crippen molar-refractivity contribution in [1.82, 2.24) is 10.1 Å². The van der Waals surface area contributed by atoms with Gasteiger partial charge in [-0.1, -0.05) is 24.3 Å². The van der Waals surface area contributed by atoms with E-state index in [1.165, 1.54) is 11.8 Å². The van der Waals surface area contributed by atoms with Gasteiger partial charge in [0, 0.05) is 5.69 Å². The second-order valence-electron chi connectivity index (χ2n) is 5.55. The van der Waals surface area contributed by atoms with Crippen LogP contribution in [0, 0.1) is 13.8 Å². The maximum atomic E-state index is 12.2. The molecule has 0 saturated heterocycles. The minimum Gasteiger partial charge on any atom is -0.325 e. The molecule has 0 aliphatic carbocycles. The second-order valence-corrected chi connectivity index (χ2v) is 6.50. The number of nitrogens with one attached hydrogen (secondary N) is 2. The summed E-state index contributed by atoms with van der Waals surface area (Å²) >= 11 is 1.39. The van der Waals surface area contributed by atoms with Gasteiger partial charge in [-0.15, -0.1) is 4.68 Å². The van der Waals surface area contributed by atoms with E-state index in [4.69, 9.17) is 0 Å². The van der Waals surface area contributed by atoms with Gasteiger partial charge in [0.25, 0.3) is 0 Å². The molecule has 0 bridgehead atoms. The van der Waals surface area contributed by atoms with Crippen molar-refractivity contribution in [3.63, 3.8) is 0 Å². The third-order valence-electron chi connectivity index (χ3n) is 3.41. The summed E-state index contributed by atoms with van der Waals surface area (Å²) < 4.78 is 1.86. The van der Waals surface area contributed by atoms with Crippen LogP contribution in [0.2, 0.25) is 0 Å². The van der Waals surface area contributed by atoms with Crippen LogP contribution in [0.1, 0.15) is 11.1 Å². The van der Waals surface area contributed by atoms with E-state index in [0.717, 1.165) is 27.7 Å². The minimum absolute atomic E-state index is 0.0485. The molecule has 6 heteroatoms. The SMILES string of the molecule is Cc1cc(C)cc(NC(=O)CSc2nc[nH][n+]2-c2ccccc2)c1. The fourth-order valence-electron chi connectivity index (χ4n) is 2.49. The Morgan fingerprint density at radius 3 is 2.58 bits per heavy atom. The summed E-state index contributed by atoms with van der Waals surface area (Å²) in [6.07, 6.45) is 1.62. The number of thioether (sulfide) groups is 1. The number of rotatable bonds is 5. The van der Waals surface area contributed by atoms with Gasteiger partial charge in [-0.05, 0) is 66.0 Å². The van der Waals surface area contributed by atoms with Gasteiger partial charge in [0.15, 0.2) is 5.69 Å². The van der Waals surface area contributed by atoms with Crippen molar-refractivity contribution in [3.05, 3.63) is 66.0 Å². The highest BCUT2D eigenvalue weighted by Gasteiger charge is 2.18. The molecule has 0 radical (unpaired) electrons. The molecule has 1 aromatic heterocycles. The van der Waals surface area contributed by atoms with E-state index >= 15 is 0 Å². The van der Waals surface area contributed by atoms with E-state index in [1.807, 2.05) is 61.0 Å². The van der Waals surface area contributed by atoms with Gasteiger partial charge in [0.2, 0.25) is 12.2 Å². The van der Waals surface area contributed by atoms with Crippen LogP contribution in [-0.4, -0.2) is 21.7 Å². The number of aryl methyl sites for hydroxylation is 2. The Labute approximate surface area is 145 Å². The lowest BCUT2D eigenvalue weighted by molar-refractivity contribution is -0.694. The van der Waals surface area contributed by atoms with Gasteiger partial charge in [0.1, 0.15) is 0 Å². The first kappa shape index (κ1) is 16.3. The lowest BCUT2D eigenvalue weighted by Crippen LogP contribution is -2.35. The number of para-hydroxylation sites is 1. The highest BCUT2D eigenvalue weighted by molar-refractivity contribution is 7.99. The Morgan fingerprint density at radius 2 is 1.88 bits per heavy atom. The predicted molar refractivity (Wildman–Crippen MR) is 95.4 cm³/mol. The van der Waals surface area contributed by atoms with E-state index in [2.05, 4.69) is 21.5 Å². The fraction of sp³-hybridized carbons (Fsp3) is 0.167. The third-order valence-corrected chi connectivity index (χ3v) is 4.36. The van der Waals surface area contributed by atoms with Crippen LogP contribution in [0.25, 0.3) is 5.69 Å². The molecule has 24 heavy (non-hydrogen) atoms. The summed E-state index contributed by atoms with van der Waals surface area (Å²) in [7, 11) is 0. The summed E-state index contributed by atoms with van der Waals surface area (Å²) in [6.45, 7) is 4.04. The molecule has 0 unspecified atom stereocenters. The van der Waals surface area contributed by atoms with Crippen molar-refractivity contribution >= 4 is 23.4 Å². The van der Waals surface area contributed by atoms with E-state index in [1.54, 1.807) is 6.33 Å². The summed E-state index contributed by atoms with van der Waals surface area (Å²) in [5, 5.41) is 6.75. The lowest BCUT2D eigenvalue weighted by atomic mass is 10.1. The zero-order valence-electron chi connectivity index (χ0n) is 13.6. The maximum absolute atomic E-state index is 12.2. The minimum atomic E-state index is -0.0485. The van der Waals surface area contributed by atoms with Gasteiger partial charge in [0.05, 0.1) is 5.75 Å². The number of hydrogen-bond acceptors (Lipinski definition) is 3. The number of hydrogen-bond donors (Lipinski definition) is 2. The highest BCUT2D eigenvalue weighted by atomic mass is 32.2. The molecule has 1 heterocycles. The zero-order valence-corrected chi connectivity index (χ0v) is 14.4. The number of nitrogens with zero attached hydrogens (tertiary/aromatic N) is 2. The Kier molecular flexibility index (Phi) is 4.96. The number of carbonyl (C=O) groups is 1. The molecular formula is C18H19N4OS+. The van der Waals surface area contributed by atoms with Crippen LogP contribution in [0.3, 0.4) is 0 Å². The first-order valence-corrected chi connectivity index (χ1v) is 8.62. The quantitative estimate of drug-likeness (QED) is 0.555. The Hall–Kier alpha value is -2.60. The molecular weight excluding hydrogens is 320 g/mol. The molecule has 0 aliphatic heterocycles. The summed E-state index contributed by atoms with van der Waals surface area (Å²) in [5.41, 5.74) is 4.07. The summed E-state index contributed by atoms with van der Waals surface area (Å²) in [6, 6.07) is 15.9. The number of H-pyrrole nitrogens is 1. The van der Waals surface area contributed by atoms with Gasteiger partial charge < -0.3 is 5.32 Å². The van der Waals surface area contributed by atoms with Crippen molar-refractivity contribution in [2.24, 2.45) is 0 Å². The molecule has 2 N–H and O–H groups in total. The molecule has 0 fully saturated rings. The molecule has 0 aliphatic rings. The summed E-state index contributed by atoms with van der Waals surface area (Å²) in [4.78, 5) is 16.5. The topological polar surface area (TPSA) is 61.7 Å². The largest absolute Gasteiger partial charge is 0.385 e. The van der Waals surface area contributed by atoms with Crippen molar-refractivity contribution in [2.75, 3.05) is 11.1 Å². The Balaban J connectivity index is 1.64. The molecule has 5 nitrogen and oxygen atoms in total. The van der Waals surface area contributed by atoms with Crippen LogP contribution in [0.15, 0.2) is 60.0 Å². The van der Waals surface area contributed by atoms with E-state index in [-0.39, 0.29) is 5.91 Å². The van der Waals surface area contributed by atoms with Crippen molar-refractivity contribution < 1.29 is 9.48 Å². The standard InChI is InChI=1S/C18H18N4OS/c1-13-8-14(2)10-15(9-13)21-17(23)11-24-18-19-12-20-22(18)16-6-4-3-5-7-16/h3-10,12H,11H2,1-2H3,(H,21,23)/p+1. The van der Waals surface area contributed by atoms with Crippen molar-refractivity contribution in [2.45, 2.75) is 19.0 Å². The van der Waals surface area contributed by atoms with Crippen LogP contribution >= 0.6 is 11.8 Å². The van der Waals surface area contributed by atoms with Gasteiger partial charge >= 0.3 is 5.16 Å². The van der Waals surface area contributed by atoms with Crippen LogP contribution in [-0.2, 0) is 4.79 Å². The number of amides is 1. The first-order chi connectivity index (χ1) is 11.6. The molecule has 122 valence electrons. The predicted octanol–water partition coefficient (Wildman–Crippen LogP) is 3.03. The Bertz CT molecular complexity index is 825. The van der Waals surface area contributed by atoms with E-state index < -0.39 is 0 Å². The third kappa shape index (κ3) is 4.02. The lowest BCUT2D eigenvalue weighted by Gasteiger charge is -2.06. The highest BCUT2D eigenvalue weighted by Crippen LogP contribution is 2.16. The number of benzene rings is 2. The zero-order chi connectivity index (χ0) is 16.9. The normalized spacial score (nSPS) is 10.6.